The molecule has 3 fully saturated rings. The van der Waals surface area contributed by atoms with E-state index < -0.39 is 5.54 Å². The van der Waals surface area contributed by atoms with E-state index in [4.69, 9.17) is 4.74 Å². The molecule has 0 aromatic heterocycles. The highest BCUT2D eigenvalue weighted by atomic mass is 16.6. The van der Waals surface area contributed by atoms with Gasteiger partial charge in [-0.3, -0.25) is 9.69 Å². The number of imide groups is 1. The van der Waals surface area contributed by atoms with Crippen molar-refractivity contribution in [2.45, 2.75) is 25.3 Å². The van der Waals surface area contributed by atoms with Gasteiger partial charge in [0.05, 0.1) is 13.3 Å². The molecule has 4 rings (SSSR count). The van der Waals surface area contributed by atoms with E-state index in [1.54, 1.807) is 11.8 Å². The Kier molecular flexibility index (Phi) is 4.97. The number of carbonyl (C=O) groups excluding carboxylic acids is 3. The molecule has 8 nitrogen and oxygen atoms in total. The van der Waals surface area contributed by atoms with Gasteiger partial charge in [-0.05, 0) is 31.2 Å². The fraction of sp³-hybridized carbons (Fsp3) is 0.550. The predicted octanol–water partition coefficient (Wildman–Crippen LogP) is 1.58. The lowest BCUT2D eigenvalue weighted by molar-refractivity contribution is -0.134. The van der Waals surface area contributed by atoms with Crippen LogP contribution in [0, 0.1) is 5.92 Å². The van der Waals surface area contributed by atoms with Crippen LogP contribution in [0.3, 0.4) is 0 Å². The number of nitrogens with one attached hydrogen (secondary N) is 1. The molecule has 1 aromatic carbocycles. The number of rotatable bonds is 5. The van der Waals surface area contributed by atoms with Gasteiger partial charge in [-0.2, -0.15) is 0 Å². The molecule has 2 heterocycles. The van der Waals surface area contributed by atoms with E-state index in [1.807, 2.05) is 35.2 Å². The van der Waals surface area contributed by atoms with Crippen LogP contribution >= 0.6 is 0 Å². The van der Waals surface area contributed by atoms with E-state index >= 15 is 0 Å². The highest BCUT2D eigenvalue weighted by molar-refractivity contribution is 6.07. The van der Waals surface area contributed by atoms with Crippen LogP contribution in [-0.4, -0.2) is 72.2 Å². The van der Waals surface area contributed by atoms with E-state index in [2.05, 4.69) is 5.32 Å². The van der Waals surface area contributed by atoms with E-state index in [9.17, 15) is 14.4 Å². The average molecular weight is 386 g/mol. The van der Waals surface area contributed by atoms with Crippen molar-refractivity contribution in [2.75, 3.05) is 39.5 Å². The average Bonchev–Trinajstić information content (AvgIpc) is 3.53. The number of ether oxygens (including phenoxy) is 1. The zero-order chi connectivity index (χ0) is 19.7. The molecule has 1 saturated carbocycles. The first-order valence-corrected chi connectivity index (χ1v) is 9.90. The first-order valence-electron chi connectivity index (χ1n) is 9.90. The predicted molar refractivity (Wildman–Crippen MR) is 101 cm³/mol. The lowest BCUT2D eigenvalue weighted by Crippen LogP contribution is -2.53. The maximum absolute atomic E-state index is 13.4. The molecule has 0 radical (unpaired) electrons. The van der Waals surface area contributed by atoms with Crippen LogP contribution in [0.15, 0.2) is 30.3 Å². The first kappa shape index (κ1) is 18.7. The molecule has 2 aliphatic heterocycles. The molecular formula is C20H26N4O4. The lowest BCUT2D eigenvalue weighted by Gasteiger charge is -2.35. The summed E-state index contributed by atoms with van der Waals surface area (Å²) in [4.78, 5) is 42.9. The third-order valence-electron chi connectivity index (χ3n) is 5.79. The van der Waals surface area contributed by atoms with Crippen molar-refractivity contribution in [3.05, 3.63) is 35.9 Å². The van der Waals surface area contributed by atoms with Gasteiger partial charge in [-0.25, -0.2) is 14.5 Å². The van der Waals surface area contributed by atoms with Crippen molar-refractivity contribution in [3.8, 4) is 0 Å². The summed E-state index contributed by atoms with van der Waals surface area (Å²) in [5.74, 6) is -0.0176. The van der Waals surface area contributed by atoms with Gasteiger partial charge in [-0.1, -0.05) is 30.3 Å². The molecule has 1 aromatic rings. The van der Waals surface area contributed by atoms with Crippen molar-refractivity contribution >= 4 is 18.0 Å². The van der Waals surface area contributed by atoms with Crippen molar-refractivity contribution in [1.82, 2.24) is 20.0 Å². The van der Waals surface area contributed by atoms with Gasteiger partial charge in [0.15, 0.2) is 0 Å². The summed E-state index contributed by atoms with van der Waals surface area (Å²) >= 11 is 0. The van der Waals surface area contributed by atoms with Gasteiger partial charge in [0.25, 0.3) is 5.91 Å². The number of hydrogen-bond acceptors (Lipinski definition) is 5. The van der Waals surface area contributed by atoms with E-state index in [0.717, 1.165) is 18.4 Å². The van der Waals surface area contributed by atoms with E-state index in [0.29, 0.717) is 32.8 Å². The summed E-state index contributed by atoms with van der Waals surface area (Å²) in [6, 6.07) is 9.20. The Morgan fingerprint density at radius 1 is 1.14 bits per heavy atom. The highest BCUT2D eigenvalue weighted by Gasteiger charge is 2.60. The lowest BCUT2D eigenvalue weighted by atomic mass is 9.85. The maximum atomic E-state index is 13.4. The Morgan fingerprint density at radius 3 is 2.43 bits per heavy atom. The number of hydrogen-bond donors (Lipinski definition) is 1. The SMILES string of the molecule is CCOC(=O)N1CCN(CN2C(=O)NC(c3ccccc3)(C3CC3)C2=O)CC1. The molecule has 2 saturated heterocycles. The second-order valence-electron chi connectivity index (χ2n) is 7.56. The zero-order valence-corrected chi connectivity index (χ0v) is 16.1. The highest BCUT2D eigenvalue weighted by Crippen LogP contribution is 2.48. The minimum atomic E-state index is -0.939. The van der Waals surface area contributed by atoms with Crippen molar-refractivity contribution < 1.29 is 19.1 Å². The van der Waals surface area contributed by atoms with Crippen LogP contribution in [0.4, 0.5) is 9.59 Å². The molecule has 1 N–H and O–H groups in total. The fourth-order valence-corrected chi connectivity index (χ4v) is 4.14. The van der Waals surface area contributed by atoms with Crippen molar-refractivity contribution in [3.63, 3.8) is 0 Å². The second-order valence-corrected chi connectivity index (χ2v) is 7.56. The van der Waals surface area contributed by atoms with Crippen LogP contribution in [0.1, 0.15) is 25.3 Å². The van der Waals surface area contributed by atoms with Gasteiger partial charge in [0.1, 0.15) is 5.54 Å². The number of amides is 4. The summed E-state index contributed by atoms with van der Waals surface area (Å²) in [5, 5.41) is 3.01. The second kappa shape index (κ2) is 7.43. The van der Waals surface area contributed by atoms with Crippen molar-refractivity contribution in [1.29, 1.82) is 0 Å². The molecule has 1 aliphatic carbocycles. The summed E-state index contributed by atoms with van der Waals surface area (Å²) in [6.07, 6.45) is 1.56. The summed E-state index contributed by atoms with van der Waals surface area (Å²) < 4.78 is 5.03. The van der Waals surface area contributed by atoms with Crippen LogP contribution in [0.2, 0.25) is 0 Å². The Labute approximate surface area is 164 Å². The van der Waals surface area contributed by atoms with E-state index in [1.165, 1.54) is 4.90 Å². The summed E-state index contributed by atoms with van der Waals surface area (Å²) in [5.41, 5.74) is -0.0871. The molecule has 4 amide bonds. The molecule has 0 spiro atoms. The number of benzene rings is 1. The third kappa shape index (κ3) is 3.22. The Bertz CT molecular complexity index is 759. The Balaban J connectivity index is 1.45. The number of nitrogens with zero attached hydrogens (tertiary/aromatic N) is 3. The fourth-order valence-electron chi connectivity index (χ4n) is 4.14. The van der Waals surface area contributed by atoms with Gasteiger partial charge < -0.3 is 15.0 Å². The standard InChI is InChI=1S/C20H26N4O4/c1-2-28-19(27)23-12-10-22(11-13-23)14-24-17(25)20(16-8-9-16,21-18(24)26)15-6-4-3-5-7-15/h3-7,16H,2,8-14H2,1H3,(H,21,26). The third-order valence-corrected chi connectivity index (χ3v) is 5.79. The van der Waals surface area contributed by atoms with E-state index in [-0.39, 0.29) is 30.6 Å². The van der Waals surface area contributed by atoms with Gasteiger partial charge in [-0.15, -0.1) is 0 Å². The topological polar surface area (TPSA) is 82.2 Å². The summed E-state index contributed by atoms with van der Waals surface area (Å²) in [7, 11) is 0. The zero-order valence-electron chi connectivity index (χ0n) is 16.1. The van der Waals surface area contributed by atoms with Crippen LogP contribution < -0.4 is 5.32 Å². The molecule has 8 heteroatoms. The van der Waals surface area contributed by atoms with Gasteiger partial charge in [0.2, 0.25) is 0 Å². The monoisotopic (exact) mass is 386 g/mol. The maximum Gasteiger partial charge on any atom is 0.409 e. The largest absolute Gasteiger partial charge is 0.450 e. The van der Waals surface area contributed by atoms with Crippen LogP contribution in [0.5, 0.6) is 0 Å². The van der Waals surface area contributed by atoms with Gasteiger partial charge >= 0.3 is 12.1 Å². The Hall–Kier alpha value is -2.61. The minimum Gasteiger partial charge on any atom is -0.450 e. The smallest absolute Gasteiger partial charge is 0.409 e. The number of carbonyl (C=O) groups is 3. The first-order chi connectivity index (χ1) is 13.6. The Morgan fingerprint density at radius 2 is 1.82 bits per heavy atom. The molecule has 0 bridgehead atoms. The molecular weight excluding hydrogens is 360 g/mol. The summed E-state index contributed by atoms with van der Waals surface area (Å²) in [6.45, 7) is 4.61. The molecule has 1 atom stereocenters. The van der Waals surface area contributed by atoms with Crippen LogP contribution in [-0.2, 0) is 15.1 Å². The quantitative estimate of drug-likeness (QED) is 0.777. The minimum absolute atomic E-state index is 0.150. The number of piperazine rings is 1. The molecule has 150 valence electrons. The molecule has 3 aliphatic rings. The molecule has 28 heavy (non-hydrogen) atoms. The molecule has 1 unspecified atom stereocenters. The number of urea groups is 1. The normalized spacial score (nSPS) is 25.8. The van der Waals surface area contributed by atoms with Crippen LogP contribution in [0.25, 0.3) is 0 Å². The van der Waals surface area contributed by atoms with Crippen molar-refractivity contribution in [2.24, 2.45) is 5.92 Å². The van der Waals surface area contributed by atoms with Gasteiger partial charge in [0, 0.05) is 26.2 Å².